The zero-order valence-electron chi connectivity index (χ0n) is 16.5. The van der Waals surface area contributed by atoms with Gasteiger partial charge < -0.3 is 4.90 Å². The number of carbonyl (C=O) groups is 1. The number of halogens is 1. The van der Waals surface area contributed by atoms with Crippen LogP contribution in [0.1, 0.15) is 34.1 Å². The third-order valence-electron chi connectivity index (χ3n) is 5.70. The van der Waals surface area contributed by atoms with Gasteiger partial charge in [-0.25, -0.2) is 12.8 Å². The lowest BCUT2D eigenvalue weighted by Crippen LogP contribution is -2.26. The topological polar surface area (TPSA) is 54.5 Å². The zero-order chi connectivity index (χ0) is 21.3. The van der Waals surface area contributed by atoms with Crippen molar-refractivity contribution >= 4 is 22.3 Å². The minimum atomic E-state index is -2.50. The molecule has 4 nitrogen and oxygen atoms in total. The first-order chi connectivity index (χ1) is 14.4. The average molecular weight is 424 g/mol. The molecule has 0 N–H and O–H groups in total. The Labute approximate surface area is 176 Å². The zero-order valence-corrected chi connectivity index (χ0v) is 17.4. The number of hydrogen-bond acceptors (Lipinski definition) is 3. The third-order valence-corrected chi connectivity index (χ3v) is 6.30. The molecule has 1 aliphatic heterocycles. The van der Waals surface area contributed by atoms with Crippen molar-refractivity contribution in [2.45, 2.75) is 24.5 Å². The van der Waals surface area contributed by atoms with E-state index in [9.17, 15) is 17.6 Å². The van der Waals surface area contributed by atoms with Crippen LogP contribution in [0.25, 0.3) is 0 Å². The largest absolute Gasteiger partial charge is 0.311 e. The molecule has 1 saturated heterocycles. The number of hydrogen-bond donors (Lipinski definition) is 1. The van der Waals surface area contributed by atoms with Crippen molar-refractivity contribution in [3.05, 3.63) is 101 Å². The van der Waals surface area contributed by atoms with Gasteiger partial charge in [0.2, 0.25) is 5.91 Å². The summed E-state index contributed by atoms with van der Waals surface area (Å²) in [7, 11) is -2.50. The molecule has 1 fully saturated rings. The molecule has 0 radical (unpaired) electrons. The summed E-state index contributed by atoms with van der Waals surface area (Å²) in [5, 5.41) is 0. The highest BCUT2D eigenvalue weighted by Crippen LogP contribution is 2.42. The molecule has 1 aliphatic rings. The summed E-state index contributed by atoms with van der Waals surface area (Å²) in [6.45, 7) is 2.36. The van der Waals surface area contributed by atoms with Gasteiger partial charge >= 0.3 is 0 Å². The van der Waals surface area contributed by atoms with Gasteiger partial charge in [0.25, 0.3) is 0 Å². The third kappa shape index (κ3) is 4.00. The maximum Gasteiger partial charge on any atom is 0.235 e. The molecule has 0 aromatic heterocycles. The van der Waals surface area contributed by atoms with Crippen molar-refractivity contribution in [2.75, 3.05) is 11.4 Å². The van der Waals surface area contributed by atoms with E-state index < -0.39 is 10.7 Å². The molecule has 4 rings (SSSR count). The van der Waals surface area contributed by atoms with E-state index in [0.29, 0.717) is 12.2 Å². The molecule has 0 saturated carbocycles. The first-order valence-electron chi connectivity index (χ1n) is 9.77. The molecule has 3 aromatic carbocycles. The maximum absolute atomic E-state index is 13.4. The van der Waals surface area contributed by atoms with E-state index in [1.165, 1.54) is 12.1 Å². The number of thiol groups is 1. The van der Waals surface area contributed by atoms with E-state index in [-0.39, 0.29) is 29.3 Å². The van der Waals surface area contributed by atoms with Crippen molar-refractivity contribution in [1.29, 1.82) is 0 Å². The van der Waals surface area contributed by atoms with Gasteiger partial charge in [-0.3, -0.25) is 4.79 Å². The van der Waals surface area contributed by atoms with Gasteiger partial charge in [0.15, 0.2) is 0 Å². The first-order valence-corrected chi connectivity index (χ1v) is 11.1. The van der Waals surface area contributed by atoms with Crippen LogP contribution in [0.2, 0.25) is 0 Å². The Morgan fingerprint density at radius 3 is 2.30 bits per heavy atom. The smallest absolute Gasteiger partial charge is 0.235 e. The van der Waals surface area contributed by atoms with Gasteiger partial charge in [-0.05, 0) is 53.4 Å². The van der Waals surface area contributed by atoms with Gasteiger partial charge in [-0.15, -0.1) is 0 Å². The van der Waals surface area contributed by atoms with E-state index in [1.807, 2.05) is 55.5 Å². The standard InChI is InChI=1S/C24H22FNO3S/c1-16-13-18(7-8-19(16)15-30(28)29)22-14-26(21-11-9-20(25)10-12-21)24(27)23(22)17-5-3-2-4-6-17/h2-13,22-23,30H,14-15H2,1H3. The Morgan fingerprint density at radius 2 is 1.67 bits per heavy atom. The van der Waals surface area contributed by atoms with Crippen LogP contribution in [-0.2, 0) is 21.3 Å². The Morgan fingerprint density at radius 1 is 0.967 bits per heavy atom. The highest BCUT2D eigenvalue weighted by Gasteiger charge is 2.42. The summed E-state index contributed by atoms with van der Waals surface area (Å²) in [5.74, 6) is -0.822. The number of anilines is 1. The normalized spacial score (nSPS) is 18.9. The predicted molar refractivity (Wildman–Crippen MR) is 116 cm³/mol. The molecule has 0 bridgehead atoms. The van der Waals surface area contributed by atoms with Crippen molar-refractivity contribution < 1.29 is 17.6 Å². The van der Waals surface area contributed by atoms with Gasteiger partial charge in [0, 0.05) is 18.2 Å². The van der Waals surface area contributed by atoms with E-state index in [0.717, 1.165) is 22.3 Å². The molecule has 1 amide bonds. The molecular formula is C24H22FNO3S. The van der Waals surface area contributed by atoms with Gasteiger partial charge in [0.05, 0.1) is 11.7 Å². The Hall–Kier alpha value is -2.99. The molecule has 30 heavy (non-hydrogen) atoms. The summed E-state index contributed by atoms with van der Waals surface area (Å²) < 4.78 is 35.6. The summed E-state index contributed by atoms with van der Waals surface area (Å²) in [6, 6.07) is 21.3. The average Bonchev–Trinajstić information content (AvgIpc) is 3.07. The SMILES string of the molecule is Cc1cc(C2CN(c3ccc(F)cc3)C(=O)C2c2ccccc2)ccc1C[SH](=O)=O. The fourth-order valence-corrected chi connectivity index (χ4v) is 4.82. The lowest BCUT2D eigenvalue weighted by atomic mass is 9.83. The van der Waals surface area contributed by atoms with Crippen molar-refractivity contribution in [3.63, 3.8) is 0 Å². The minimum absolute atomic E-state index is 0.00879. The van der Waals surface area contributed by atoms with E-state index in [1.54, 1.807) is 17.0 Å². The predicted octanol–water partition coefficient (Wildman–Crippen LogP) is 4.16. The Kier molecular flexibility index (Phi) is 5.68. The minimum Gasteiger partial charge on any atom is -0.311 e. The second-order valence-corrected chi connectivity index (χ2v) is 8.58. The molecule has 1 heterocycles. The molecule has 2 atom stereocenters. The molecule has 0 aliphatic carbocycles. The maximum atomic E-state index is 13.4. The number of carbonyl (C=O) groups excluding carboxylic acids is 1. The van der Waals surface area contributed by atoms with Crippen LogP contribution in [0.3, 0.4) is 0 Å². The fraction of sp³-hybridized carbons (Fsp3) is 0.208. The van der Waals surface area contributed by atoms with Gasteiger partial charge in [-0.1, -0.05) is 48.5 Å². The Bertz CT molecular complexity index is 1130. The molecule has 6 heteroatoms. The van der Waals surface area contributed by atoms with Gasteiger partial charge in [0.1, 0.15) is 16.5 Å². The number of amides is 1. The Balaban J connectivity index is 1.75. The molecule has 154 valence electrons. The van der Waals surface area contributed by atoms with Crippen LogP contribution in [0.5, 0.6) is 0 Å². The second kappa shape index (κ2) is 8.40. The van der Waals surface area contributed by atoms with Crippen LogP contribution < -0.4 is 4.90 Å². The second-order valence-electron chi connectivity index (χ2n) is 7.60. The number of aryl methyl sites for hydroxylation is 1. The number of benzene rings is 3. The molecule has 0 spiro atoms. The molecular weight excluding hydrogens is 401 g/mol. The summed E-state index contributed by atoms with van der Waals surface area (Å²) in [4.78, 5) is 15.1. The summed E-state index contributed by atoms with van der Waals surface area (Å²) >= 11 is 0. The number of nitrogens with zero attached hydrogens (tertiary/aromatic N) is 1. The molecule has 3 aromatic rings. The fourth-order valence-electron chi connectivity index (χ4n) is 4.19. The van der Waals surface area contributed by atoms with Crippen LogP contribution in [0.15, 0.2) is 72.8 Å². The summed E-state index contributed by atoms with van der Waals surface area (Å²) in [5.41, 5.74) is 4.25. The molecule has 2 unspecified atom stereocenters. The first kappa shape index (κ1) is 20.3. The highest BCUT2D eigenvalue weighted by atomic mass is 32.2. The monoisotopic (exact) mass is 423 g/mol. The van der Waals surface area contributed by atoms with Crippen molar-refractivity contribution in [3.8, 4) is 0 Å². The van der Waals surface area contributed by atoms with Crippen molar-refractivity contribution in [2.24, 2.45) is 0 Å². The lowest BCUT2D eigenvalue weighted by molar-refractivity contribution is -0.118. The van der Waals surface area contributed by atoms with Crippen LogP contribution in [0, 0.1) is 12.7 Å². The van der Waals surface area contributed by atoms with E-state index in [2.05, 4.69) is 0 Å². The van der Waals surface area contributed by atoms with Crippen LogP contribution in [-0.4, -0.2) is 20.9 Å². The van der Waals surface area contributed by atoms with E-state index >= 15 is 0 Å². The highest BCUT2D eigenvalue weighted by molar-refractivity contribution is 7.71. The quantitative estimate of drug-likeness (QED) is 0.627. The van der Waals surface area contributed by atoms with Crippen LogP contribution in [0.4, 0.5) is 10.1 Å². The summed E-state index contributed by atoms with van der Waals surface area (Å²) in [6.07, 6.45) is 0. The van der Waals surface area contributed by atoms with Crippen molar-refractivity contribution in [1.82, 2.24) is 0 Å². The van der Waals surface area contributed by atoms with Crippen LogP contribution >= 0.6 is 0 Å². The van der Waals surface area contributed by atoms with E-state index in [4.69, 9.17) is 0 Å². The number of rotatable bonds is 5. The lowest BCUT2D eigenvalue weighted by Gasteiger charge is -2.18. The van der Waals surface area contributed by atoms with Gasteiger partial charge in [-0.2, -0.15) is 0 Å².